The number of rotatable bonds is 3. The lowest BCUT2D eigenvalue weighted by atomic mass is 10.1. The summed E-state index contributed by atoms with van der Waals surface area (Å²) < 4.78 is 17.9. The molecule has 14 heavy (non-hydrogen) atoms. The van der Waals surface area contributed by atoms with Crippen molar-refractivity contribution in [2.24, 2.45) is 0 Å². The third-order valence-electron chi connectivity index (χ3n) is 1.69. The molecule has 0 spiro atoms. The minimum atomic E-state index is -0.429. The smallest absolute Gasteiger partial charge is 0.165 e. The molecule has 0 heterocycles. The standard InChI is InChI=1S/C10H11FO2.BrH/c1-7(12)6-8-4-3-5-9(11)10(8)13-2;/h3-5H,6H2,1-2H3;1H. The number of Topliss-reactive ketones (excluding diaryl/α,β-unsaturated/α-hetero) is 1. The monoisotopic (exact) mass is 262 g/mol. The van der Waals surface area contributed by atoms with Crippen LogP contribution in [0.3, 0.4) is 0 Å². The summed E-state index contributed by atoms with van der Waals surface area (Å²) >= 11 is 0. The minimum Gasteiger partial charge on any atom is -0.493 e. The first-order valence-corrected chi connectivity index (χ1v) is 3.96. The number of methoxy groups -OCH3 is 1. The Morgan fingerprint density at radius 2 is 2.14 bits per heavy atom. The largest absolute Gasteiger partial charge is 0.493 e. The quantitative estimate of drug-likeness (QED) is 0.837. The van der Waals surface area contributed by atoms with E-state index in [1.165, 1.54) is 20.1 Å². The highest BCUT2D eigenvalue weighted by Crippen LogP contribution is 2.22. The van der Waals surface area contributed by atoms with Gasteiger partial charge >= 0.3 is 0 Å². The molecular formula is C10H12BrFO2. The van der Waals surface area contributed by atoms with Gasteiger partial charge in [-0.15, -0.1) is 17.0 Å². The summed E-state index contributed by atoms with van der Waals surface area (Å²) in [7, 11) is 1.39. The lowest BCUT2D eigenvalue weighted by Crippen LogP contribution is -2.00. The van der Waals surface area contributed by atoms with Crippen molar-refractivity contribution in [1.82, 2.24) is 0 Å². The molecule has 0 atom stereocenters. The summed E-state index contributed by atoms with van der Waals surface area (Å²) in [4.78, 5) is 10.8. The number of para-hydroxylation sites is 1. The zero-order chi connectivity index (χ0) is 9.84. The van der Waals surface area contributed by atoms with Crippen LogP contribution in [0.4, 0.5) is 4.39 Å². The van der Waals surface area contributed by atoms with Crippen LogP contribution in [-0.2, 0) is 11.2 Å². The Hall–Kier alpha value is -0.900. The second-order valence-corrected chi connectivity index (χ2v) is 2.81. The van der Waals surface area contributed by atoms with Gasteiger partial charge in [0.25, 0.3) is 0 Å². The molecule has 4 heteroatoms. The number of ether oxygens (including phenoxy) is 1. The molecule has 1 aromatic carbocycles. The van der Waals surface area contributed by atoms with E-state index in [0.717, 1.165) is 0 Å². The Morgan fingerprint density at radius 1 is 1.50 bits per heavy atom. The molecule has 0 aliphatic heterocycles. The number of halogens is 2. The van der Waals surface area contributed by atoms with Gasteiger partial charge in [-0.05, 0) is 13.0 Å². The highest BCUT2D eigenvalue weighted by molar-refractivity contribution is 8.93. The van der Waals surface area contributed by atoms with Crippen LogP contribution in [-0.4, -0.2) is 12.9 Å². The van der Waals surface area contributed by atoms with Gasteiger partial charge in [0.05, 0.1) is 7.11 Å². The topological polar surface area (TPSA) is 26.3 Å². The number of ketones is 1. The van der Waals surface area contributed by atoms with Crippen LogP contribution in [0.25, 0.3) is 0 Å². The van der Waals surface area contributed by atoms with Crippen LogP contribution >= 0.6 is 17.0 Å². The molecule has 78 valence electrons. The molecule has 0 amide bonds. The van der Waals surface area contributed by atoms with Gasteiger partial charge in [0.2, 0.25) is 0 Å². The average molecular weight is 263 g/mol. The summed E-state index contributed by atoms with van der Waals surface area (Å²) in [6.07, 6.45) is 0.209. The van der Waals surface area contributed by atoms with Crippen molar-refractivity contribution in [2.75, 3.05) is 7.11 Å². The normalized spacial score (nSPS) is 9.07. The summed E-state index contributed by atoms with van der Waals surface area (Å²) in [5, 5.41) is 0. The van der Waals surface area contributed by atoms with E-state index in [4.69, 9.17) is 4.74 Å². The maximum Gasteiger partial charge on any atom is 0.165 e. The third-order valence-corrected chi connectivity index (χ3v) is 1.69. The second-order valence-electron chi connectivity index (χ2n) is 2.81. The summed E-state index contributed by atoms with van der Waals surface area (Å²) in [5.41, 5.74) is 0.593. The molecule has 0 radical (unpaired) electrons. The van der Waals surface area contributed by atoms with E-state index in [0.29, 0.717) is 5.56 Å². The van der Waals surface area contributed by atoms with Crippen LogP contribution in [0.1, 0.15) is 12.5 Å². The van der Waals surface area contributed by atoms with Crippen LogP contribution < -0.4 is 4.74 Å². The Labute approximate surface area is 92.8 Å². The Balaban J connectivity index is 0.00000169. The van der Waals surface area contributed by atoms with E-state index in [1.807, 2.05) is 0 Å². The molecule has 2 nitrogen and oxygen atoms in total. The molecule has 0 unspecified atom stereocenters. The van der Waals surface area contributed by atoms with Crippen molar-refractivity contribution in [1.29, 1.82) is 0 Å². The average Bonchev–Trinajstić information content (AvgIpc) is 2.03. The Morgan fingerprint density at radius 3 is 2.64 bits per heavy atom. The zero-order valence-corrected chi connectivity index (χ0v) is 9.75. The lowest BCUT2D eigenvalue weighted by Gasteiger charge is -2.06. The zero-order valence-electron chi connectivity index (χ0n) is 8.04. The summed E-state index contributed by atoms with van der Waals surface area (Å²) in [5.74, 6) is -0.275. The number of carbonyl (C=O) groups excluding carboxylic acids is 1. The maximum atomic E-state index is 13.1. The van der Waals surface area contributed by atoms with Crippen LogP contribution in [0.5, 0.6) is 5.75 Å². The second kappa shape index (κ2) is 5.75. The number of hydrogen-bond acceptors (Lipinski definition) is 2. The Bertz CT molecular complexity index is 326. The number of carbonyl (C=O) groups is 1. The maximum absolute atomic E-state index is 13.1. The van der Waals surface area contributed by atoms with Gasteiger partial charge in [-0.3, -0.25) is 4.79 Å². The Kier molecular flexibility index (Phi) is 5.38. The van der Waals surface area contributed by atoms with E-state index >= 15 is 0 Å². The van der Waals surface area contributed by atoms with Gasteiger partial charge in [0, 0.05) is 12.0 Å². The van der Waals surface area contributed by atoms with Crippen molar-refractivity contribution in [3.05, 3.63) is 29.6 Å². The van der Waals surface area contributed by atoms with Crippen molar-refractivity contribution in [3.63, 3.8) is 0 Å². The molecule has 0 saturated heterocycles. The fraction of sp³-hybridized carbons (Fsp3) is 0.300. The highest BCUT2D eigenvalue weighted by atomic mass is 79.9. The molecule has 1 aromatic rings. The van der Waals surface area contributed by atoms with Crippen molar-refractivity contribution >= 4 is 22.8 Å². The molecule has 0 aromatic heterocycles. The molecule has 1 rings (SSSR count). The van der Waals surface area contributed by atoms with Crippen LogP contribution in [0.2, 0.25) is 0 Å². The molecule has 0 saturated carbocycles. The van der Waals surface area contributed by atoms with E-state index in [-0.39, 0.29) is 34.9 Å². The first-order valence-electron chi connectivity index (χ1n) is 3.96. The molecule has 0 N–H and O–H groups in total. The fourth-order valence-electron chi connectivity index (χ4n) is 1.19. The van der Waals surface area contributed by atoms with Gasteiger partial charge in [0.15, 0.2) is 11.6 Å². The molecule has 0 aliphatic carbocycles. The van der Waals surface area contributed by atoms with Gasteiger partial charge in [0.1, 0.15) is 5.78 Å². The SMILES string of the molecule is Br.COc1c(F)cccc1CC(C)=O. The van der Waals surface area contributed by atoms with Gasteiger partial charge in [-0.1, -0.05) is 12.1 Å². The first kappa shape index (κ1) is 13.1. The number of benzene rings is 1. The minimum absolute atomic E-state index is 0. The van der Waals surface area contributed by atoms with Crippen molar-refractivity contribution in [2.45, 2.75) is 13.3 Å². The molecule has 0 bridgehead atoms. The first-order chi connectivity index (χ1) is 6.15. The third kappa shape index (κ3) is 3.10. The van der Waals surface area contributed by atoms with E-state index in [1.54, 1.807) is 12.1 Å². The summed E-state index contributed by atoms with van der Waals surface area (Å²) in [6, 6.07) is 4.56. The van der Waals surface area contributed by atoms with E-state index in [2.05, 4.69) is 0 Å². The fourth-order valence-corrected chi connectivity index (χ4v) is 1.19. The van der Waals surface area contributed by atoms with E-state index in [9.17, 15) is 9.18 Å². The lowest BCUT2D eigenvalue weighted by molar-refractivity contribution is -0.116. The van der Waals surface area contributed by atoms with Crippen LogP contribution in [0.15, 0.2) is 18.2 Å². The molecule has 0 aliphatic rings. The number of hydrogen-bond donors (Lipinski definition) is 0. The molecular weight excluding hydrogens is 251 g/mol. The van der Waals surface area contributed by atoms with Crippen molar-refractivity contribution < 1.29 is 13.9 Å². The highest BCUT2D eigenvalue weighted by Gasteiger charge is 2.09. The van der Waals surface area contributed by atoms with Gasteiger partial charge in [-0.2, -0.15) is 0 Å². The van der Waals surface area contributed by atoms with Crippen molar-refractivity contribution in [3.8, 4) is 5.75 Å². The molecule has 0 fully saturated rings. The predicted octanol–water partition coefficient (Wildman–Crippen LogP) is 2.54. The van der Waals surface area contributed by atoms with Gasteiger partial charge in [-0.25, -0.2) is 4.39 Å². The van der Waals surface area contributed by atoms with E-state index < -0.39 is 5.82 Å². The van der Waals surface area contributed by atoms with Gasteiger partial charge < -0.3 is 4.74 Å². The summed E-state index contributed by atoms with van der Waals surface area (Å²) in [6.45, 7) is 1.46. The van der Waals surface area contributed by atoms with Crippen LogP contribution in [0, 0.1) is 5.82 Å². The predicted molar refractivity (Wildman–Crippen MR) is 57.7 cm³/mol.